The van der Waals surface area contributed by atoms with E-state index >= 15 is 0 Å². The Morgan fingerprint density at radius 2 is 1.89 bits per heavy atom. The van der Waals surface area contributed by atoms with Gasteiger partial charge >= 0.3 is 0 Å². The first-order chi connectivity index (χ1) is 13.6. The van der Waals surface area contributed by atoms with E-state index < -0.39 is 0 Å². The number of benzene rings is 1. The van der Waals surface area contributed by atoms with E-state index in [1.807, 2.05) is 18.8 Å². The Kier molecular flexibility index (Phi) is 6.60. The van der Waals surface area contributed by atoms with Gasteiger partial charge in [0.25, 0.3) is 0 Å². The van der Waals surface area contributed by atoms with Crippen LogP contribution in [0.4, 0.5) is 5.69 Å². The fourth-order valence-electron chi connectivity index (χ4n) is 4.09. The summed E-state index contributed by atoms with van der Waals surface area (Å²) >= 11 is 0. The van der Waals surface area contributed by atoms with Gasteiger partial charge in [0.05, 0.1) is 5.69 Å². The SMILES string of the molecule is CCc1nn(C)c(CC)c1CNC(=NC)N1CCN(c2cccc(C)c2)CC1. The molecule has 0 radical (unpaired) electrons. The van der Waals surface area contributed by atoms with Crippen LogP contribution in [0.15, 0.2) is 29.3 Å². The lowest BCUT2D eigenvalue weighted by molar-refractivity contribution is 0.372. The summed E-state index contributed by atoms with van der Waals surface area (Å²) in [6, 6.07) is 8.77. The first-order valence-corrected chi connectivity index (χ1v) is 10.4. The van der Waals surface area contributed by atoms with Crippen LogP contribution >= 0.6 is 0 Å². The van der Waals surface area contributed by atoms with Crippen LogP contribution in [0.3, 0.4) is 0 Å². The normalized spacial score (nSPS) is 15.2. The molecule has 0 spiro atoms. The number of aryl methyl sites for hydroxylation is 3. The van der Waals surface area contributed by atoms with Gasteiger partial charge in [0.2, 0.25) is 0 Å². The Bertz CT molecular complexity index is 814. The summed E-state index contributed by atoms with van der Waals surface area (Å²) in [5, 5.41) is 8.27. The Hall–Kier alpha value is -2.50. The van der Waals surface area contributed by atoms with Crippen molar-refractivity contribution in [2.24, 2.45) is 12.0 Å². The number of aliphatic imine (C=N–C) groups is 1. The molecular formula is C22H34N6. The maximum absolute atomic E-state index is 4.68. The summed E-state index contributed by atoms with van der Waals surface area (Å²) in [5.41, 5.74) is 6.45. The van der Waals surface area contributed by atoms with Gasteiger partial charge in [-0.15, -0.1) is 0 Å². The van der Waals surface area contributed by atoms with Crippen LogP contribution in [-0.4, -0.2) is 53.9 Å². The average Bonchev–Trinajstić information content (AvgIpc) is 3.03. The number of anilines is 1. The van der Waals surface area contributed by atoms with E-state index in [-0.39, 0.29) is 0 Å². The molecule has 6 heteroatoms. The molecule has 2 heterocycles. The minimum Gasteiger partial charge on any atom is -0.368 e. The van der Waals surface area contributed by atoms with Gasteiger partial charge in [-0.25, -0.2) is 0 Å². The molecule has 1 aliphatic rings. The van der Waals surface area contributed by atoms with Gasteiger partial charge in [-0.05, 0) is 37.5 Å². The Morgan fingerprint density at radius 3 is 2.50 bits per heavy atom. The van der Waals surface area contributed by atoms with Crippen LogP contribution in [0.25, 0.3) is 0 Å². The summed E-state index contributed by atoms with van der Waals surface area (Å²) in [7, 11) is 3.92. The first kappa shape index (κ1) is 20.2. The number of hydrogen-bond acceptors (Lipinski definition) is 3. The molecule has 3 rings (SSSR count). The zero-order valence-electron chi connectivity index (χ0n) is 18.0. The number of rotatable bonds is 5. The summed E-state index contributed by atoms with van der Waals surface area (Å²) in [6.45, 7) is 11.3. The van der Waals surface area contributed by atoms with Crippen molar-refractivity contribution in [2.75, 3.05) is 38.1 Å². The summed E-state index contributed by atoms with van der Waals surface area (Å²) in [4.78, 5) is 9.36. The average molecular weight is 383 g/mol. The predicted molar refractivity (Wildman–Crippen MR) is 117 cm³/mol. The Balaban J connectivity index is 1.61. The maximum atomic E-state index is 4.68. The highest BCUT2D eigenvalue weighted by molar-refractivity contribution is 5.80. The molecule has 0 saturated carbocycles. The summed E-state index contributed by atoms with van der Waals surface area (Å²) in [5.74, 6) is 0.983. The molecule has 0 bridgehead atoms. The van der Waals surface area contributed by atoms with Crippen molar-refractivity contribution < 1.29 is 0 Å². The van der Waals surface area contributed by atoms with Gasteiger partial charge in [0, 0.05) is 63.8 Å². The van der Waals surface area contributed by atoms with Crippen molar-refractivity contribution in [3.05, 3.63) is 46.8 Å². The molecule has 1 aromatic carbocycles. The van der Waals surface area contributed by atoms with Crippen LogP contribution in [0, 0.1) is 6.92 Å². The second kappa shape index (κ2) is 9.13. The molecule has 152 valence electrons. The first-order valence-electron chi connectivity index (χ1n) is 10.4. The molecule has 6 nitrogen and oxygen atoms in total. The lowest BCUT2D eigenvalue weighted by Crippen LogP contribution is -2.52. The van der Waals surface area contributed by atoms with Crippen molar-refractivity contribution in [1.82, 2.24) is 20.0 Å². The largest absolute Gasteiger partial charge is 0.368 e. The van der Waals surface area contributed by atoms with Gasteiger partial charge in [0.1, 0.15) is 0 Å². The molecule has 1 N–H and O–H groups in total. The topological polar surface area (TPSA) is 48.7 Å². The lowest BCUT2D eigenvalue weighted by atomic mass is 10.1. The summed E-state index contributed by atoms with van der Waals surface area (Å²) < 4.78 is 2.03. The van der Waals surface area contributed by atoms with Crippen molar-refractivity contribution in [3.8, 4) is 0 Å². The van der Waals surface area contributed by atoms with Crippen molar-refractivity contribution in [1.29, 1.82) is 0 Å². The highest BCUT2D eigenvalue weighted by Gasteiger charge is 2.21. The predicted octanol–water partition coefficient (Wildman–Crippen LogP) is 2.75. The van der Waals surface area contributed by atoms with E-state index in [4.69, 9.17) is 0 Å². The lowest BCUT2D eigenvalue weighted by Gasteiger charge is -2.37. The Morgan fingerprint density at radius 1 is 1.14 bits per heavy atom. The molecule has 1 saturated heterocycles. The van der Waals surface area contributed by atoms with Crippen molar-refractivity contribution in [3.63, 3.8) is 0 Å². The molecule has 1 aromatic heterocycles. The number of piperazine rings is 1. The molecule has 0 atom stereocenters. The third-order valence-electron chi connectivity index (χ3n) is 5.61. The Labute approximate surface area is 169 Å². The molecule has 28 heavy (non-hydrogen) atoms. The van der Waals surface area contributed by atoms with Crippen molar-refractivity contribution in [2.45, 2.75) is 40.2 Å². The maximum Gasteiger partial charge on any atom is 0.194 e. The third kappa shape index (κ3) is 4.32. The van der Waals surface area contributed by atoms with E-state index in [0.29, 0.717) is 0 Å². The number of aromatic nitrogens is 2. The number of nitrogens with one attached hydrogen (secondary N) is 1. The molecule has 2 aromatic rings. The van der Waals surface area contributed by atoms with Gasteiger partial charge in [-0.1, -0.05) is 26.0 Å². The van der Waals surface area contributed by atoms with Crippen LogP contribution in [0.1, 0.15) is 36.4 Å². The van der Waals surface area contributed by atoms with Crippen LogP contribution < -0.4 is 10.2 Å². The smallest absolute Gasteiger partial charge is 0.194 e. The van der Waals surface area contributed by atoms with Crippen molar-refractivity contribution >= 4 is 11.6 Å². The second-order valence-corrected chi connectivity index (χ2v) is 7.42. The van der Waals surface area contributed by atoms with E-state index in [9.17, 15) is 0 Å². The summed E-state index contributed by atoms with van der Waals surface area (Å²) in [6.07, 6.45) is 1.95. The fraction of sp³-hybridized carbons (Fsp3) is 0.545. The fourth-order valence-corrected chi connectivity index (χ4v) is 4.09. The van der Waals surface area contributed by atoms with Gasteiger partial charge in [-0.3, -0.25) is 9.67 Å². The third-order valence-corrected chi connectivity index (χ3v) is 5.61. The monoisotopic (exact) mass is 382 g/mol. The molecule has 0 unspecified atom stereocenters. The van der Waals surface area contributed by atoms with Crippen LogP contribution in [0.5, 0.6) is 0 Å². The highest BCUT2D eigenvalue weighted by Crippen LogP contribution is 2.18. The van der Waals surface area contributed by atoms with Gasteiger partial charge < -0.3 is 15.1 Å². The molecule has 1 aliphatic heterocycles. The van der Waals surface area contributed by atoms with Gasteiger partial charge in [0.15, 0.2) is 5.96 Å². The minimum absolute atomic E-state index is 0.783. The zero-order valence-corrected chi connectivity index (χ0v) is 18.0. The number of hydrogen-bond donors (Lipinski definition) is 1. The second-order valence-electron chi connectivity index (χ2n) is 7.42. The quantitative estimate of drug-likeness (QED) is 0.638. The standard InChI is InChI=1S/C22H34N6/c1-6-20-19(21(7-2)26(5)25-20)16-24-22(23-4)28-13-11-27(12-14-28)18-10-8-9-17(3)15-18/h8-10,15H,6-7,11-14,16H2,1-5H3,(H,23,24). The minimum atomic E-state index is 0.783. The molecule has 0 aliphatic carbocycles. The van der Waals surface area contributed by atoms with E-state index in [1.165, 1.54) is 28.2 Å². The van der Waals surface area contributed by atoms with Gasteiger partial charge in [-0.2, -0.15) is 5.10 Å². The van der Waals surface area contributed by atoms with E-state index in [1.54, 1.807) is 0 Å². The van der Waals surface area contributed by atoms with Crippen LogP contribution in [-0.2, 0) is 26.4 Å². The van der Waals surface area contributed by atoms with E-state index in [0.717, 1.165) is 51.5 Å². The number of nitrogens with zero attached hydrogens (tertiary/aromatic N) is 5. The zero-order chi connectivity index (χ0) is 20.1. The molecular weight excluding hydrogens is 348 g/mol. The van der Waals surface area contributed by atoms with E-state index in [2.05, 4.69) is 70.2 Å². The number of guanidine groups is 1. The molecule has 1 fully saturated rings. The molecule has 0 amide bonds. The highest BCUT2D eigenvalue weighted by atomic mass is 15.3. The van der Waals surface area contributed by atoms with Crippen LogP contribution in [0.2, 0.25) is 0 Å².